The van der Waals surface area contributed by atoms with E-state index >= 15 is 0 Å². The minimum Gasteiger partial charge on any atom is -0.478 e. The lowest BCUT2D eigenvalue weighted by Gasteiger charge is -2.08. The second kappa shape index (κ2) is 7.94. The predicted octanol–water partition coefficient (Wildman–Crippen LogP) is 5.30. The number of carboxylic acids is 2. The van der Waals surface area contributed by atoms with E-state index < -0.39 is 11.9 Å². The monoisotopic (exact) mass is 392 g/mol. The summed E-state index contributed by atoms with van der Waals surface area (Å²) >= 11 is 0. The van der Waals surface area contributed by atoms with Gasteiger partial charge in [0.15, 0.2) is 0 Å². The zero-order valence-electron chi connectivity index (χ0n) is 15.8. The van der Waals surface area contributed by atoms with Gasteiger partial charge >= 0.3 is 11.9 Å². The average Bonchev–Trinajstić information content (AvgIpc) is 2.77. The van der Waals surface area contributed by atoms with Crippen LogP contribution in [0.5, 0.6) is 0 Å². The van der Waals surface area contributed by atoms with Crippen molar-refractivity contribution >= 4 is 22.7 Å². The summed E-state index contributed by atoms with van der Waals surface area (Å²) in [6, 6.07) is 25.1. The summed E-state index contributed by atoms with van der Waals surface area (Å²) < 4.78 is 0. The first-order valence-electron chi connectivity index (χ1n) is 9.24. The van der Waals surface area contributed by atoms with Crippen LogP contribution in [-0.4, -0.2) is 22.2 Å². The molecule has 30 heavy (non-hydrogen) atoms. The lowest BCUT2D eigenvalue weighted by Crippen LogP contribution is -2.03. The molecular weight excluding hydrogens is 376 g/mol. The summed E-state index contributed by atoms with van der Waals surface area (Å²) in [7, 11) is 0. The summed E-state index contributed by atoms with van der Waals surface area (Å²) in [5, 5.41) is 20.9. The molecule has 4 heteroatoms. The first kappa shape index (κ1) is 19.0. The minimum atomic E-state index is -1.11. The number of carboxylic acid groups (broad SMARTS) is 2. The number of carbonyl (C=O) groups is 2. The van der Waals surface area contributed by atoms with Crippen molar-refractivity contribution in [3.8, 4) is 23.0 Å². The molecule has 4 aromatic rings. The maximum atomic E-state index is 11.5. The Labute approximate surface area is 173 Å². The first-order valence-corrected chi connectivity index (χ1v) is 9.24. The summed E-state index contributed by atoms with van der Waals surface area (Å²) in [5.41, 5.74) is 2.77. The third-order valence-corrected chi connectivity index (χ3v) is 4.82. The Morgan fingerprint density at radius 2 is 1.43 bits per heavy atom. The Bertz CT molecular complexity index is 1330. The topological polar surface area (TPSA) is 74.6 Å². The maximum absolute atomic E-state index is 11.5. The summed E-state index contributed by atoms with van der Waals surface area (Å²) in [6.45, 7) is 0. The molecule has 0 spiro atoms. The highest BCUT2D eigenvalue weighted by Gasteiger charge is 2.14. The Morgan fingerprint density at radius 3 is 2.17 bits per heavy atom. The van der Waals surface area contributed by atoms with Crippen molar-refractivity contribution in [2.75, 3.05) is 0 Å². The maximum Gasteiger partial charge on any atom is 0.336 e. The van der Waals surface area contributed by atoms with Crippen LogP contribution in [0.3, 0.4) is 0 Å². The van der Waals surface area contributed by atoms with E-state index in [9.17, 15) is 19.8 Å². The molecule has 0 saturated carbocycles. The molecule has 0 fully saturated rings. The van der Waals surface area contributed by atoms with Gasteiger partial charge in [0.25, 0.3) is 0 Å². The van der Waals surface area contributed by atoms with Gasteiger partial charge in [0.1, 0.15) is 0 Å². The van der Waals surface area contributed by atoms with Crippen molar-refractivity contribution in [2.24, 2.45) is 0 Å². The average molecular weight is 392 g/mol. The molecule has 0 bridgehead atoms. The number of aromatic carboxylic acids is 2. The van der Waals surface area contributed by atoms with Crippen LogP contribution < -0.4 is 0 Å². The van der Waals surface area contributed by atoms with Crippen molar-refractivity contribution in [3.05, 3.63) is 107 Å². The van der Waals surface area contributed by atoms with E-state index in [0.29, 0.717) is 11.1 Å². The van der Waals surface area contributed by atoms with Gasteiger partial charge < -0.3 is 10.2 Å². The van der Waals surface area contributed by atoms with Crippen LogP contribution in [0.1, 0.15) is 31.8 Å². The predicted molar refractivity (Wildman–Crippen MR) is 116 cm³/mol. The minimum absolute atomic E-state index is 0.0369. The van der Waals surface area contributed by atoms with Gasteiger partial charge in [0, 0.05) is 11.1 Å². The summed E-state index contributed by atoms with van der Waals surface area (Å²) in [5.74, 6) is 4.12. The Hall–Kier alpha value is -4.36. The van der Waals surface area contributed by atoms with Gasteiger partial charge in [-0.2, -0.15) is 0 Å². The highest BCUT2D eigenvalue weighted by atomic mass is 16.4. The number of benzene rings is 4. The number of hydrogen-bond donors (Lipinski definition) is 2. The molecule has 0 unspecified atom stereocenters. The van der Waals surface area contributed by atoms with Crippen molar-refractivity contribution in [1.82, 2.24) is 0 Å². The van der Waals surface area contributed by atoms with Crippen LogP contribution in [0.4, 0.5) is 0 Å². The fraction of sp³-hybridized carbons (Fsp3) is 0. The van der Waals surface area contributed by atoms with Crippen molar-refractivity contribution in [2.45, 2.75) is 0 Å². The molecule has 144 valence electrons. The molecule has 0 radical (unpaired) electrons. The Balaban J connectivity index is 1.70. The fourth-order valence-corrected chi connectivity index (χ4v) is 3.31. The van der Waals surface area contributed by atoms with Gasteiger partial charge in [0.05, 0.1) is 11.1 Å². The van der Waals surface area contributed by atoms with E-state index in [-0.39, 0.29) is 11.1 Å². The van der Waals surface area contributed by atoms with E-state index in [1.54, 1.807) is 24.3 Å². The molecule has 0 saturated heterocycles. The zero-order chi connectivity index (χ0) is 21.1. The quantitative estimate of drug-likeness (QED) is 0.464. The molecule has 0 heterocycles. The van der Waals surface area contributed by atoms with E-state index in [1.807, 2.05) is 42.5 Å². The highest BCUT2D eigenvalue weighted by molar-refractivity contribution is 5.99. The molecule has 0 aromatic heterocycles. The Kier molecular flexibility index (Phi) is 5.02. The third-order valence-electron chi connectivity index (χ3n) is 4.82. The SMILES string of the molecule is O=C(O)c1ccc(C(=O)O)c(-c2ccc(C#Cc3cccc4ccccc34)cc2)c1. The lowest BCUT2D eigenvalue weighted by molar-refractivity contribution is 0.0682. The number of hydrogen-bond acceptors (Lipinski definition) is 2. The van der Waals surface area contributed by atoms with Crippen molar-refractivity contribution in [1.29, 1.82) is 0 Å². The van der Waals surface area contributed by atoms with Crippen LogP contribution >= 0.6 is 0 Å². The standard InChI is InChI=1S/C26H16O4/c27-25(28)21-14-15-23(26(29)30)24(16-21)20-12-9-17(10-13-20)8-11-19-6-3-5-18-4-1-2-7-22(18)19/h1-7,9-10,12-16H,(H,27,28)(H,29,30). The van der Waals surface area contributed by atoms with E-state index in [1.165, 1.54) is 18.2 Å². The normalized spacial score (nSPS) is 10.3. The number of rotatable bonds is 3. The summed E-state index contributed by atoms with van der Waals surface area (Å²) in [4.78, 5) is 22.8. The van der Waals surface area contributed by atoms with Crippen molar-refractivity contribution < 1.29 is 19.8 Å². The van der Waals surface area contributed by atoms with Crippen LogP contribution in [0.15, 0.2) is 84.9 Å². The first-order chi connectivity index (χ1) is 14.5. The van der Waals surface area contributed by atoms with E-state index in [0.717, 1.165) is 21.9 Å². The molecule has 4 rings (SSSR count). The molecule has 4 aromatic carbocycles. The molecule has 0 aliphatic heterocycles. The highest BCUT2D eigenvalue weighted by Crippen LogP contribution is 2.26. The molecular formula is C26H16O4. The largest absolute Gasteiger partial charge is 0.478 e. The van der Waals surface area contributed by atoms with Gasteiger partial charge in [-0.15, -0.1) is 0 Å². The molecule has 2 N–H and O–H groups in total. The molecule has 0 atom stereocenters. The van der Waals surface area contributed by atoms with Crippen LogP contribution in [0, 0.1) is 11.8 Å². The van der Waals surface area contributed by atoms with Gasteiger partial charge in [-0.25, -0.2) is 9.59 Å². The smallest absolute Gasteiger partial charge is 0.336 e. The van der Waals surface area contributed by atoms with Crippen molar-refractivity contribution in [3.63, 3.8) is 0 Å². The molecule has 0 amide bonds. The number of fused-ring (bicyclic) bond motifs is 1. The van der Waals surface area contributed by atoms with Gasteiger partial charge in [-0.05, 0) is 58.3 Å². The molecule has 0 aliphatic rings. The Morgan fingerprint density at radius 1 is 0.700 bits per heavy atom. The molecule has 4 nitrogen and oxygen atoms in total. The third kappa shape index (κ3) is 3.78. The van der Waals surface area contributed by atoms with Crippen LogP contribution in [0.25, 0.3) is 21.9 Å². The fourth-order valence-electron chi connectivity index (χ4n) is 3.31. The van der Waals surface area contributed by atoms with E-state index in [2.05, 4.69) is 11.8 Å². The van der Waals surface area contributed by atoms with Gasteiger partial charge in [-0.1, -0.05) is 60.4 Å². The van der Waals surface area contributed by atoms with Crippen LogP contribution in [-0.2, 0) is 0 Å². The lowest BCUT2D eigenvalue weighted by atomic mass is 9.96. The summed E-state index contributed by atoms with van der Waals surface area (Å²) in [6.07, 6.45) is 0. The molecule has 0 aliphatic carbocycles. The van der Waals surface area contributed by atoms with Crippen LogP contribution in [0.2, 0.25) is 0 Å². The second-order valence-electron chi connectivity index (χ2n) is 6.72. The second-order valence-corrected chi connectivity index (χ2v) is 6.72. The van der Waals surface area contributed by atoms with E-state index in [4.69, 9.17) is 0 Å². The zero-order valence-corrected chi connectivity index (χ0v) is 15.8. The van der Waals surface area contributed by atoms with Gasteiger partial charge in [0.2, 0.25) is 0 Å². The van der Waals surface area contributed by atoms with Gasteiger partial charge in [-0.3, -0.25) is 0 Å².